The lowest BCUT2D eigenvalue weighted by Crippen LogP contribution is -2.37. The van der Waals surface area contributed by atoms with E-state index in [4.69, 9.17) is 0 Å². The average Bonchev–Trinajstić information content (AvgIpc) is 2.78. The number of aryl methyl sites for hydroxylation is 1. The molecule has 21 heavy (non-hydrogen) atoms. The monoisotopic (exact) mass is 288 g/mol. The number of carbonyl (C=O) groups excluding carboxylic acids is 1. The van der Waals surface area contributed by atoms with E-state index in [1.54, 1.807) is 0 Å². The van der Waals surface area contributed by atoms with Gasteiger partial charge >= 0.3 is 0 Å². The highest BCUT2D eigenvalue weighted by Gasteiger charge is 2.31. The summed E-state index contributed by atoms with van der Waals surface area (Å²) >= 11 is 0. The number of hydrogen-bond donors (Lipinski definition) is 2. The molecule has 0 radical (unpaired) electrons. The van der Waals surface area contributed by atoms with Crippen molar-refractivity contribution in [2.75, 3.05) is 11.9 Å². The van der Waals surface area contributed by atoms with Crippen LogP contribution in [0.25, 0.3) is 0 Å². The van der Waals surface area contributed by atoms with E-state index in [0.717, 1.165) is 36.2 Å². The van der Waals surface area contributed by atoms with Crippen LogP contribution in [0.3, 0.4) is 0 Å². The summed E-state index contributed by atoms with van der Waals surface area (Å²) in [5, 5.41) is 6.60. The molecule has 0 bridgehead atoms. The zero-order valence-electron chi connectivity index (χ0n) is 13.7. The maximum absolute atomic E-state index is 12.6. The summed E-state index contributed by atoms with van der Waals surface area (Å²) in [6.45, 7) is 9.57. The molecule has 0 aromatic heterocycles. The van der Waals surface area contributed by atoms with E-state index in [0.29, 0.717) is 17.9 Å². The molecule has 2 rings (SSSR count). The van der Waals surface area contributed by atoms with Gasteiger partial charge in [-0.15, -0.1) is 0 Å². The van der Waals surface area contributed by atoms with E-state index in [1.807, 2.05) is 19.1 Å². The van der Waals surface area contributed by atoms with Gasteiger partial charge in [0.05, 0.1) is 5.56 Å². The molecule has 116 valence electrons. The summed E-state index contributed by atoms with van der Waals surface area (Å²) < 4.78 is 0. The third kappa shape index (κ3) is 3.78. The fourth-order valence-electron chi connectivity index (χ4n) is 3.07. The number of rotatable bonds is 5. The Balaban J connectivity index is 2.12. The van der Waals surface area contributed by atoms with E-state index in [1.165, 1.54) is 6.42 Å². The number of amides is 1. The second-order valence-electron chi connectivity index (χ2n) is 6.47. The summed E-state index contributed by atoms with van der Waals surface area (Å²) in [6, 6.07) is 6.36. The van der Waals surface area contributed by atoms with Crippen LogP contribution in [0.4, 0.5) is 5.69 Å². The Morgan fingerprint density at radius 1 is 1.29 bits per heavy atom. The predicted octanol–water partition coefficient (Wildman–Crippen LogP) is 3.98. The fourth-order valence-corrected chi connectivity index (χ4v) is 3.07. The van der Waals surface area contributed by atoms with Crippen LogP contribution >= 0.6 is 0 Å². The Labute approximate surface area is 128 Å². The van der Waals surface area contributed by atoms with Gasteiger partial charge in [0, 0.05) is 18.3 Å². The van der Waals surface area contributed by atoms with Crippen LogP contribution < -0.4 is 10.6 Å². The Kier molecular flexibility index (Phi) is 5.27. The Morgan fingerprint density at radius 3 is 2.67 bits per heavy atom. The van der Waals surface area contributed by atoms with E-state index >= 15 is 0 Å². The molecule has 1 fully saturated rings. The van der Waals surface area contributed by atoms with Crippen molar-refractivity contribution in [1.29, 1.82) is 0 Å². The first-order valence-electron chi connectivity index (χ1n) is 8.18. The molecule has 0 heterocycles. The highest BCUT2D eigenvalue weighted by Crippen LogP contribution is 2.31. The standard InChI is InChI=1S/C18H28N2O/c1-5-10-19-17-8-6-12(2)11-15(17)18(21)20-16-9-7-13(3)14(16)4/h6,8,11,13-14,16,19H,5,7,9-10H2,1-4H3,(H,20,21). The van der Waals surface area contributed by atoms with Gasteiger partial charge in [-0.3, -0.25) is 4.79 Å². The molecule has 0 spiro atoms. The highest BCUT2D eigenvalue weighted by molar-refractivity contribution is 6.00. The van der Waals surface area contributed by atoms with Gasteiger partial charge in [0.2, 0.25) is 0 Å². The largest absolute Gasteiger partial charge is 0.384 e. The molecule has 2 N–H and O–H groups in total. The minimum Gasteiger partial charge on any atom is -0.384 e. The first-order chi connectivity index (χ1) is 10.0. The van der Waals surface area contributed by atoms with E-state index in [9.17, 15) is 4.79 Å². The van der Waals surface area contributed by atoms with Crippen LogP contribution in [-0.2, 0) is 0 Å². The maximum Gasteiger partial charge on any atom is 0.253 e. The van der Waals surface area contributed by atoms with Gasteiger partial charge in [-0.25, -0.2) is 0 Å². The molecule has 1 aliphatic rings. The Hall–Kier alpha value is -1.51. The van der Waals surface area contributed by atoms with Crippen molar-refractivity contribution in [2.45, 2.75) is 53.0 Å². The molecule has 1 saturated carbocycles. The Bertz CT molecular complexity index is 498. The van der Waals surface area contributed by atoms with Gasteiger partial charge in [0.15, 0.2) is 0 Å². The first-order valence-corrected chi connectivity index (χ1v) is 8.18. The third-order valence-corrected chi connectivity index (χ3v) is 4.77. The predicted molar refractivity (Wildman–Crippen MR) is 88.8 cm³/mol. The number of carbonyl (C=O) groups is 1. The minimum atomic E-state index is 0.0586. The summed E-state index contributed by atoms with van der Waals surface area (Å²) in [5.74, 6) is 1.32. The van der Waals surface area contributed by atoms with Crippen molar-refractivity contribution in [2.24, 2.45) is 11.8 Å². The van der Waals surface area contributed by atoms with Crippen LogP contribution in [0.1, 0.15) is 56.0 Å². The van der Waals surface area contributed by atoms with Crippen molar-refractivity contribution in [3.05, 3.63) is 29.3 Å². The quantitative estimate of drug-likeness (QED) is 0.860. The lowest BCUT2D eigenvalue weighted by molar-refractivity contribution is 0.0928. The van der Waals surface area contributed by atoms with E-state index in [2.05, 4.69) is 37.5 Å². The lowest BCUT2D eigenvalue weighted by Gasteiger charge is -2.21. The van der Waals surface area contributed by atoms with Crippen molar-refractivity contribution in [3.63, 3.8) is 0 Å². The van der Waals surface area contributed by atoms with E-state index < -0.39 is 0 Å². The first kappa shape index (κ1) is 15.9. The molecular weight excluding hydrogens is 260 g/mol. The fraction of sp³-hybridized carbons (Fsp3) is 0.611. The smallest absolute Gasteiger partial charge is 0.253 e. The van der Waals surface area contributed by atoms with Gasteiger partial charge in [-0.05, 0) is 50.2 Å². The molecule has 0 aliphatic heterocycles. The number of anilines is 1. The van der Waals surface area contributed by atoms with Crippen molar-refractivity contribution in [3.8, 4) is 0 Å². The Morgan fingerprint density at radius 2 is 2.05 bits per heavy atom. The topological polar surface area (TPSA) is 41.1 Å². The molecular formula is C18H28N2O. The van der Waals surface area contributed by atoms with Crippen LogP contribution in [0, 0.1) is 18.8 Å². The summed E-state index contributed by atoms with van der Waals surface area (Å²) in [4.78, 5) is 12.6. The molecule has 1 aromatic carbocycles. The van der Waals surface area contributed by atoms with Crippen LogP contribution in [-0.4, -0.2) is 18.5 Å². The zero-order valence-corrected chi connectivity index (χ0v) is 13.7. The van der Waals surface area contributed by atoms with Crippen LogP contribution in [0.15, 0.2) is 18.2 Å². The molecule has 3 heteroatoms. The number of nitrogens with one attached hydrogen (secondary N) is 2. The van der Waals surface area contributed by atoms with Gasteiger partial charge in [-0.1, -0.05) is 32.4 Å². The van der Waals surface area contributed by atoms with Crippen molar-refractivity contribution in [1.82, 2.24) is 5.32 Å². The lowest BCUT2D eigenvalue weighted by atomic mass is 9.97. The van der Waals surface area contributed by atoms with Crippen LogP contribution in [0.2, 0.25) is 0 Å². The molecule has 3 atom stereocenters. The summed E-state index contributed by atoms with van der Waals surface area (Å²) in [7, 11) is 0. The van der Waals surface area contributed by atoms with Gasteiger partial charge in [0.1, 0.15) is 0 Å². The average molecular weight is 288 g/mol. The SMILES string of the molecule is CCCNc1ccc(C)cc1C(=O)NC1CCC(C)C1C. The third-order valence-electron chi connectivity index (χ3n) is 4.77. The number of hydrogen-bond acceptors (Lipinski definition) is 2. The molecule has 0 saturated heterocycles. The number of benzene rings is 1. The molecule has 3 nitrogen and oxygen atoms in total. The summed E-state index contributed by atoms with van der Waals surface area (Å²) in [5.41, 5.74) is 2.84. The highest BCUT2D eigenvalue weighted by atomic mass is 16.1. The molecule has 1 amide bonds. The van der Waals surface area contributed by atoms with Crippen LogP contribution in [0.5, 0.6) is 0 Å². The van der Waals surface area contributed by atoms with Crippen molar-refractivity contribution >= 4 is 11.6 Å². The molecule has 3 unspecified atom stereocenters. The van der Waals surface area contributed by atoms with Gasteiger partial charge in [0.25, 0.3) is 5.91 Å². The van der Waals surface area contributed by atoms with Gasteiger partial charge in [-0.2, -0.15) is 0 Å². The van der Waals surface area contributed by atoms with E-state index in [-0.39, 0.29) is 5.91 Å². The zero-order chi connectivity index (χ0) is 15.4. The minimum absolute atomic E-state index is 0.0586. The molecule has 1 aliphatic carbocycles. The summed E-state index contributed by atoms with van der Waals surface area (Å²) in [6.07, 6.45) is 3.35. The van der Waals surface area contributed by atoms with Gasteiger partial charge < -0.3 is 10.6 Å². The molecule has 1 aromatic rings. The normalized spacial score (nSPS) is 24.9. The van der Waals surface area contributed by atoms with Crippen molar-refractivity contribution < 1.29 is 4.79 Å². The second kappa shape index (κ2) is 6.97. The maximum atomic E-state index is 12.6. The second-order valence-corrected chi connectivity index (χ2v) is 6.47.